The van der Waals surface area contributed by atoms with Crippen molar-refractivity contribution in [3.8, 4) is 0 Å². The molecule has 0 aromatic heterocycles. The predicted octanol–water partition coefficient (Wildman–Crippen LogP) is 3.94. The Morgan fingerprint density at radius 1 is 0.636 bits per heavy atom. The zero-order chi connectivity index (χ0) is 17.6. The quantitative estimate of drug-likeness (QED) is 0.394. The molecule has 0 aliphatic heterocycles. The van der Waals surface area contributed by atoms with Crippen LogP contribution in [-0.2, 0) is 41.7 Å². The molecule has 0 fully saturated rings. The summed E-state index contributed by atoms with van der Waals surface area (Å²) in [7, 11) is 10.9. The van der Waals surface area contributed by atoms with Crippen molar-refractivity contribution in [2.24, 2.45) is 0 Å². The molecule has 135 valence electrons. The number of rotatable bonds is 6. The van der Waals surface area contributed by atoms with Crippen molar-refractivity contribution in [3.05, 3.63) is 36.4 Å². The topological polar surface area (TPSA) is 55.4 Å². The van der Waals surface area contributed by atoms with Gasteiger partial charge in [-0.05, 0) is 0 Å². The maximum atomic E-state index is 4.71. The van der Waals surface area contributed by atoms with E-state index in [-0.39, 0.29) is 0 Å². The smallest absolute Gasteiger partial charge is 0.171 e. The van der Waals surface area contributed by atoms with Gasteiger partial charge in [0, 0.05) is 0 Å². The maximum Gasteiger partial charge on any atom is -0.171 e. The predicted molar refractivity (Wildman–Crippen MR) is 89.8 cm³/mol. The Morgan fingerprint density at radius 2 is 0.909 bits per heavy atom. The number of hydrogen-bond acceptors (Lipinski definition) is 6. The summed E-state index contributed by atoms with van der Waals surface area (Å²) < 4.78 is 28.2. The minimum Gasteiger partial charge on any atom is -0.184 e. The molecule has 1 aromatic carbocycles. The van der Waals surface area contributed by atoms with Crippen LogP contribution < -0.4 is 0 Å². The van der Waals surface area contributed by atoms with Gasteiger partial charge in [0.1, 0.15) is 0 Å². The van der Waals surface area contributed by atoms with Crippen LogP contribution >= 0.6 is 27.4 Å². The average molecular weight is 421 g/mol. The second kappa shape index (κ2) is 26.5. The van der Waals surface area contributed by atoms with Crippen molar-refractivity contribution in [2.45, 2.75) is 0 Å². The summed E-state index contributed by atoms with van der Waals surface area (Å²) >= 11 is 3.35. The van der Waals surface area contributed by atoms with Gasteiger partial charge in [0.25, 0.3) is 0 Å². The van der Waals surface area contributed by atoms with Gasteiger partial charge in [-0.25, -0.2) is 0 Å². The van der Waals surface area contributed by atoms with Gasteiger partial charge >= 0.3 is 42.0 Å². The van der Waals surface area contributed by atoms with Crippen LogP contribution in [0, 0.1) is 6.07 Å². The fourth-order valence-electron chi connectivity index (χ4n) is 0.842. The summed E-state index contributed by atoms with van der Waals surface area (Å²) in [6.07, 6.45) is 0. The zero-order valence-corrected chi connectivity index (χ0v) is 17.3. The first-order valence-electron chi connectivity index (χ1n) is 5.70. The monoisotopic (exact) mass is 420 g/mol. The second-order valence-corrected chi connectivity index (χ2v) is 6.25. The molecule has 0 saturated heterocycles. The molecule has 0 heterocycles. The van der Waals surface area contributed by atoms with Gasteiger partial charge in [0.15, 0.2) is 0 Å². The number of benzene rings is 1. The molecule has 0 spiro atoms. The van der Waals surface area contributed by atoms with E-state index in [1.54, 1.807) is 42.7 Å². The molecule has 0 radical (unpaired) electrons. The molecule has 0 unspecified atom stereocenters. The normalized spacial score (nSPS) is 9.05. The van der Waals surface area contributed by atoms with Crippen LogP contribution in [0.3, 0.4) is 0 Å². The molecule has 1 rings (SSSR count). The molecule has 0 amide bonds. The van der Waals surface area contributed by atoms with E-state index >= 15 is 0 Å². The van der Waals surface area contributed by atoms with Crippen molar-refractivity contribution in [1.29, 1.82) is 0 Å². The molecular formula is C12H25ClNiO6P2+. The van der Waals surface area contributed by atoms with Crippen LogP contribution in [0.25, 0.3) is 0 Å². The van der Waals surface area contributed by atoms with E-state index in [0.717, 1.165) is 0 Å². The van der Waals surface area contributed by atoms with Crippen LogP contribution in [0.1, 0.15) is 0 Å². The molecular weight excluding hydrogens is 396 g/mol. The fourth-order valence-corrected chi connectivity index (χ4v) is 1.84. The molecule has 22 heavy (non-hydrogen) atoms. The minimum atomic E-state index is -1.36. The van der Waals surface area contributed by atoms with E-state index in [4.69, 9.17) is 27.1 Å². The van der Waals surface area contributed by atoms with Crippen LogP contribution in [-0.4, -0.2) is 42.7 Å². The summed E-state index contributed by atoms with van der Waals surface area (Å²) in [6, 6.07) is 12.5. The van der Waals surface area contributed by atoms with Crippen molar-refractivity contribution in [3.63, 3.8) is 0 Å². The molecule has 0 aliphatic rings. The van der Waals surface area contributed by atoms with Crippen molar-refractivity contribution >= 4 is 27.4 Å². The summed E-state index contributed by atoms with van der Waals surface area (Å²) in [4.78, 5) is 0. The summed E-state index contributed by atoms with van der Waals surface area (Å²) in [5.74, 6) is 0. The van der Waals surface area contributed by atoms with Crippen molar-refractivity contribution < 1.29 is 41.7 Å². The molecule has 0 saturated carbocycles. The Kier molecular flexibility index (Phi) is 33.1. The first-order chi connectivity index (χ1) is 10.7. The third-order valence-corrected chi connectivity index (χ3v) is 3.61. The Bertz CT molecular complexity index is 219. The molecule has 1 aromatic rings. The van der Waals surface area contributed by atoms with E-state index in [2.05, 4.69) is 30.8 Å². The second-order valence-electron chi connectivity index (χ2n) is 2.80. The standard InChI is InChI=1S/C6H5.2C3H10O3P.ClH.Ni/c1-2-4-6-5-3-1;2*1-4-7(5-2)6-3;;/h1-5H;2*7H,1-3H3;1H;/q-1;2*+1;;+1/p-1. The van der Waals surface area contributed by atoms with Crippen LogP contribution in [0.4, 0.5) is 0 Å². The first kappa shape index (κ1) is 27.5. The van der Waals surface area contributed by atoms with Gasteiger partial charge in [-0.1, -0.05) is 0 Å². The van der Waals surface area contributed by atoms with Gasteiger partial charge in [-0.15, -0.1) is 0 Å². The van der Waals surface area contributed by atoms with E-state index in [9.17, 15) is 0 Å². The third kappa shape index (κ3) is 22.9. The molecule has 0 bridgehead atoms. The number of hydrogen-bond donors (Lipinski definition) is 0. The van der Waals surface area contributed by atoms with E-state index in [0.29, 0.717) is 0 Å². The van der Waals surface area contributed by atoms with Gasteiger partial charge in [-0.2, -0.15) is 63.5 Å². The molecule has 10 heteroatoms. The fraction of sp³-hybridized carbons (Fsp3) is 0.500. The van der Waals surface area contributed by atoms with Gasteiger partial charge in [0.05, 0.1) is 42.7 Å². The third-order valence-electron chi connectivity index (χ3n) is 1.61. The van der Waals surface area contributed by atoms with E-state index in [1.807, 2.05) is 30.3 Å². The minimum absolute atomic E-state index is 1.36. The Hall–Kier alpha value is 0.624. The summed E-state index contributed by atoms with van der Waals surface area (Å²) in [5, 5.41) is 0. The Labute approximate surface area is 148 Å². The van der Waals surface area contributed by atoms with Gasteiger partial charge in [-0.3, -0.25) is 0 Å². The van der Waals surface area contributed by atoms with Crippen LogP contribution in [0.2, 0.25) is 0 Å². The molecule has 0 aliphatic carbocycles. The first-order valence-corrected chi connectivity index (χ1v) is 9.51. The zero-order valence-electron chi connectivity index (χ0n) is 13.5. The van der Waals surface area contributed by atoms with Crippen molar-refractivity contribution in [2.75, 3.05) is 42.7 Å². The molecule has 6 nitrogen and oxygen atoms in total. The van der Waals surface area contributed by atoms with Gasteiger partial charge < -0.3 is 0 Å². The molecule has 0 atom stereocenters. The Balaban J connectivity index is -0.000000233. The Morgan fingerprint density at radius 3 is 0.955 bits per heavy atom. The maximum absolute atomic E-state index is 4.71. The van der Waals surface area contributed by atoms with E-state index in [1.165, 1.54) is 0 Å². The van der Waals surface area contributed by atoms with Crippen LogP contribution in [0.5, 0.6) is 0 Å². The summed E-state index contributed by atoms with van der Waals surface area (Å²) in [5.41, 5.74) is 0. The number of halogens is 1. The van der Waals surface area contributed by atoms with E-state index < -0.39 is 17.2 Å². The van der Waals surface area contributed by atoms with Crippen molar-refractivity contribution in [1.82, 2.24) is 0 Å². The SMILES string of the molecule is CO[PH+](OC)OC.CO[PH+](OC)OC.[Cl][Ni].[c-]1ccccc1. The van der Waals surface area contributed by atoms with Gasteiger partial charge in [0.2, 0.25) is 0 Å². The summed E-state index contributed by atoms with van der Waals surface area (Å²) in [6.45, 7) is 0. The molecule has 0 N–H and O–H groups in total. The average Bonchev–Trinajstić information content (AvgIpc) is 2.62. The van der Waals surface area contributed by atoms with Crippen LogP contribution in [0.15, 0.2) is 30.3 Å². The largest absolute Gasteiger partial charge is 0.184 e.